The summed E-state index contributed by atoms with van der Waals surface area (Å²) in [6.07, 6.45) is 1.74. The molecule has 1 saturated heterocycles. The second kappa shape index (κ2) is 6.43. The van der Waals surface area contributed by atoms with Gasteiger partial charge in [0.15, 0.2) is 0 Å². The Morgan fingerprint density at radius 3 is 2.43 bits per heavy atom. The zero-order valence-electron chi connectivity index (χ0n) is 12.4. The van der Waals surface area contributed by atoms with Crippen molar-refractivity contribution in [1.29, 1.82) is 0 Å². The summed E-state index contributed by atoms with van der Waals surface area (Å²) in [6, 6.07) is 0. The lowest BCUT2D eigenvalue weighted by molar-refractivity contribution is 0.379. The van der Waals surface area contributed by atoms with Gasteiger partial charge in [-0.05, 0) is 17.5 Å². The van der Waals surface area contributed by atoms with Gasteiger partial charge in [0.2, 0.25) is 5.28 Å². The number of piperazine rings is 1. The number of halogens is 1. The van der Waals surface area contributed by atoms with Crippen LogP contribution in [0.1, 0.15) is 25.3 Å². The van der Waals surface area contributed by atoms with Crippen molar-refractivity contribution in [3.8, 4) is 0 Å². The molecule has 1 fully saturated rings. The molecule has 0 radical (unpaired) electrons. The smallest absolute Gasteiger partial charge is 0.279 e. The van der Waals surface area contributed by atoms with Gasteiger partial charge in [0.1, 0.15) is 5.82 Å². The standard InChI is InChI=1S/C12H20ClN5O2S/c1-9(2)10-8-15-12(13)16-11(10)17-4-6-18(7-5-17)21(19,20)14-3/h8-9,14H,4-7H2,1-3H3. The topological polar surface area (TPSA) is 78.4 Å². The van der Waals surface area contributed by atoms with Crippen molar-refractivity contribution in [3.05, 3.63) is 17.0 Å². The van der Waals surface area contributed by atoms with Crippen LogP contribution in [-0.2, 0) is 10.2 Å². The van der Waals surface area contributed by atoms with Gasteiger partial charge < -0.3 is 4.90 Å². The summed E-state index contributed by atoms with van der Waals surface area (Å²) >= 11 is 5.90. The van der Waals surface area contributed by atoms with Crippen LogP contribution >= 0.6 is 11.6 Å². The predicted octanol–water partition coefficient (Wildman–Crippen LogP) is 0.840. The van der Waals surface area contributed by atoms with Gasteiger partial charge in [0.25, 0.3) is 10.2 Å². The first-order valence-electron chi connectivity index (χ1n) is 6.81. The van der Waals surface area contributed by atoms with E-state index in [9.17, 15) is 8.42 Å². The molecule has 2 heterocycles. The molecular formula is C12H20ClN5O2S. The van der Waals surface area contributed by atoms with Crippen molar-refractivity contribution in [3.63, 3.8) is 0 Å². The number of nitrogens with zero attached hydrogens (tertiary/aromatic N) is 4. The van der Waals surface area contributed by atoms with Crippen LogP contribution in [0.2, 0.25) is 5.28 Å². The van der Waals surface area contributed by atoms with Gasteiger partial charge in [0, 0.05) is 45.0 Å². The molecule has 1 aromatic rings. The maximum absolute atomic E-state index is 11.8. The number of hydrogen-bond acceptors (Lipinski definition) is 5. The average Bonchev–Trinajstić information content (AvgIpc) is 2.47. The van der Waals surface area contributed by atoms with E-state index in [1.807, 2.05) is 0 Å². The SMILES string of the molecule is CNS(=O)(=O)N1CCN(c2nc(Cl)ncc2C(C)C)CC1. The normalized spacial score (nSPS) is 17.5. The fraction of sp³-hybridized carbons (Fsp3) is 0.667. The number of aromatic nitrogens is 2. The lowest BCUT2D eigenvalue weighted by Crippen LogP contribution is -2.51. The monoisotopic (exact) mass is 333 g/mol. The summed E-state index contributed by atoms with van der Waals surface area (Å²) in [7, 11) is -1.94. The number of hydrogen-bond donors (Lipinski definition) is 1. The van der Waals surface area contributed by atoms with Gasteiger partial charge in [-0.1, -0.05) is 13.8 Å². The summed E-state index contributed by atoms with van der Waals surface area (Å²) in [6.45, 7) is 6.13. The van der Waals surface area contributed by atoms with Gasteiger partial charge >= 0.3 is 0 Å². The maximum atomic E-state index is 11.8. The molecular weight excluding hydrogens is 314 g/mol. The molecule has 1 aliphatic rings. The van der Waals surface area contributed by atoms with E-state index in [0.717, 1.165) is 11.4 Å². The van der Waals surface area contributed by atoms with Crippen molar-refractivity contribution >= 4 is 27.6 Å². The molecule has 7 nitrogen and oxygen atoms in total. The molecule has 1 aliphatic heterocycles. The molecule has 0 saturated carbocycles. The van der Waals surface area contributed by atoms with Crippen LogP contribution in [-0.4, -0.2) is 55.9 Å². The van der Waals surface area contributed by atoms with Crippen molar-refractivity contribution < 1.29 is 8.42 Å². The molecule has 9 heteroatoms. The minimum atomic E-state index is -3.36. The number of anilines is 1. The summed E-state index contributed by atoms with van der Waals surface area (Å²) in [5.74, 6) is 1.07. The first-order valence-corrected chi connectivity index (χ1v) is 8.63. The Hall–Kier alpha value is -0.960. The third kappa shape index (κ3) is 3.63. The van der Waals surface area contributed by atoms with Gasteiger partial charge in [-0.15, -0.1) is 0 Å². The van der Waals surface area contributed by atoms with E-state index in [1.54, 1.807) is 6.20 Å². The van der Waals surface area contributed by atoms with Gasteiger partial charge in [-0.3, -0.25) is 0 Å². The lowest BCUT2D eigenvalue weighted by atomic mass is 10.1. The van der Waals surface area contributed by atoms with Crippen LogP contribution < -0.4 is 9.62 Å². The third-order valence-electron chi connectivity index (χ3n) is 3.52. The maximum Gasteiger partial charge on any atom is 0.279 e. The molecule has 21 heavy (non-hydrogen) atoms. The van der Waals surface area contributed by atoms with E-state index in [-0.39, 0.29) is 11.2 Å². The van der Waals surface area contributed by atoms with Crippen molar-refractivity contribution in [1.82, 2.24) is 19.0 Å². The van der Waals surface area contributed by atoms with Crippen molar-refractivity contribution in [2.75, 3.05) is 38.1 Å². The van der Waals surface area contributed by atoms with Crippen LogP contribution in [0.5, 0.6) is 0 Å². The third-order valence-corrected chi connectivity index (χ3v) is 5.27. The largest absolute Gasteiger partial charge is 0.354 e. The molecule has 1 aromatic heterocycles. The number of nitrogens with one attached hydrogen (secondary N) is 1. The van der Waals surface area contributed by atoms with Crippen LogP contribution in [0.3, 0.4) is 0 Å². The zero-order valence-corrected chi connectivity index (χ0v) is 13.9. The second-order valence-electron chi connectivity index (χ2n) is 5.17. The highest BCUT2D eigenvalue weighted by Crippen LogP contribution is 2.27. The Balaban J connectivity index is 2.18. The molecule has 118 valence electrons. The molecule has 0 bridgehead atoms. The summed E-state index contributed by atoms with van der Waals surface area (Å²) in [5.41, 5.74) is 1.02. The highest BCUT2D eigenvalue weighted by molar-refractivity contribution is 7.87. The molecule has 2 rings (SSSR count). The Morgan fingerprint density at radius 2 is 1.90 bits per heavy atom. The van der Waals surface area contributed by atoms with Gasteiger partial charge in [-0.25, -0.2) is 14.7 Å². The van der Waals surface area contributed by atoms with Gasteiger partial charge in [-0.2, -0.15) is 12.7 Å². The van der Waals surface area contributed by atoms with E-state index in [4.69, 9.17) is 11.6 Å². The molecule has 0 atom stereocenters. The lowest BCUT2D eigenvalue weighted by Gasteiger charge is -2.35. The number of rotatable bonds is 4. The Morgan fingerprint density at radius 1 is 1.29 bits per heavy atom. The molecule has 0 aliphatic carbocycles. The molecule has 0 amide bonds. The summed E-state index contributed by atoms with van der Waals surface area (Å²) < 4.78 is 27.3. The van der Waals surface area contributed by atoms with Crippen LogP contribution in [0.15, 0.2) is 6.20 Å². The summed E-state index contributed by atoms with van der Waals surface area (Å²) in [5, 5.41) is 0.208. The molecule has 0 aromatic carbocycles. The van der Waals surface area contributed by atoms with Crippen molar-refractivity contribution in [2.24, 2.45) is 0 Å². The van der Waals surface area contributed by atoms with E-state index in [1.165, 1.54) is 11.4 Å². The first-order chi connectivity index (χ1) is 9.85. The van der Waals surface area contributed by atoms with Crippen molar-refractivity contribution in [2.45, 2.75) is 19.8 Å². The highest BCUT2D eigenvalue weighted by Gasteiger charge is 2.27. The Kier molecular flexibility index (Phi) is 5.03. The molecule has 1 N–H and O–H groups in total. The van der Waals surface area contributed by atoms with Crippen LogP contribution in [0, 0.1) is 0 Å². The van der Waals surface area contributed by atoms with Crippen LogP contribution in [0.4, 0.5) is 5.82 Å². The molecule has 0 spiro atoms. The first kappa shape index (κ1) is 16.4. The van der Waals surface area contributed by atoms with Crippen LogP contribution in [0.25, 0.3) is 0 Å². The highest BCUT2D eigenvalue weighted by atomic mass is 35.5. The van der Waals surface area contributed by atoms with E-state index < -0.39 is 10.2 Å². The van der Waals surface area contributed by atoms with E-state index in [2.05, 4.69) is 33.4 Å². The Labute approximate surface area is 130 Å². The average molecular weight is 334 g/mol. The second-order valence-corrected chi connectivity index (χ2v) is 7.38. The zero-order chi connectivity index (χ0) is 15.6. The van der Waals surface area contributed by atoms with E-state index in [0.29, 0.717) is 26.2 Å². The predicted molar refractivity (Wildman–Crippen MR) is 82.9 cm³/mol. The van der Waals surface area contributed by atoms with Gasteiger partial charge in [0.05, 0.1) is 0 Å². The van der Waals surface area contributed by atoms with E-state index >= 15 is 0 Å². The Bertz CT molecular complexity index is 600. The summed E-state index contributed by atoms with van der Waals surface area (Å²) in [4.78, 5) is 10.4. The fourth-order valence-electron chi connectivity index (χ4n) is 2.29. The minimum Gasteiger partial charge on any atom is -0.354 e. The fourth-order valence-corrected chi connectivity index (χ4v) is 3.32. The quantitative estimate of drug-likeness (QED) is 0.826. The molecule has 0 unspecified atom stereocenters. The minimum absolute atomic E-state index is 0.208.